The molecule has 24 heavy (non-hydrogen) atoms. The number of aliphatic hydroxyl groups excluding tert-OH is 1. The number of ether oxygens (including phenoxy) is 1. The standard InChI is InChI=1S/C16H26N4O3S/c1-3-4-9-23-12-7-5-11(6-8-12)14-17-18-15(24-14)20-13(21)10-19(2)16(20)22/h11-13,21H,3-10H2,1-2H3. The molecule has 7 nitrogen and oxygen atoms in total. The summed E-state index contributed by atoms with van der Waals surface area (Å²) >= 11 is 1.42. The van der Waals surface area contributed by atoms with Gasteiger partial charge in [0.1, 0.15) is 5.01 Å². The molecule has 8 heteroatoms. The summed E-state index contributed by atoms with van der Waals surface area (Å²) in [5.41, 5.74) is 0. The van der Waals surface area contributed by atoms with E-state index < -0.39 is 6.23 Å². The predicted octanol–water partition coefficient (Wildman–Crippen LogP) is 2.57. The number of β-amino-alcohol motifs (C(OH)–C–C–N with tert-alkyl or cyclic N) is 1. The van der Waals surface area contributed by atoms with Gasteiger partial charge in [-0.3, -0.25) is 0 Å². The van der Waals surface area contributed by atoms with E-state index in [0.29, 0.717) is 23.7 Å². The highest BCUT2D eigenvalue weighted by molar-refractivity contribution is 7.15. The molecule has 2 heterocycles. The lowest BCUT2D eigenvalue weighted by Gasteiger charge is -2.27. The third-order valence-electron chi connectivity index (χ3n) is 4.78. The SMILES string of the molecule is CCCCOC1CCC(c2nnc(N3C(=O)N(C)CC3O)s2)CC1. The van der Waals surface area contributed by atoms with Crippen LogP contribution in [-0.4, -0.2) is 58.8 Å². The number of carbonyl (C=O) groups is 1. The molecule has 2 amide bonds. The quantitative estimate of drug-likeness (QED) is 0.794. The Morgan fingerprint density at radius 1 is 1.29 bits per heavy atom. The smallest absolute Gasteiger partial charge is 0.328 e. The van der Waals surface area contributed by atoms with E-state index in [-0.39, 0.29) is 6.03 Å². The summed E-state index contributed by atoms with van der Waals surface area (Å²) in [7, 11) is 1.67. The van der Waals surface area contributed by atoms with Gasteiger partial charge in [-0.15, -0.1) is 10.2 Å². The van der Waals surface area contributed by atoms with Crippen LogP contribution in [0.25, 0.3) is 0 Å². The Labute approximate surface area is 146 Å². The minimum absolute atomic E-state index is 0.224. The zero-order valence-corrected chi connectivity index (χ0v) is 15.2. The second-order valence-electron chi connectivity index (χ2n) is 6.63. The average Bonchev–Trinajstić information content (AvgIpc) is 3.14. The molecule has 2 aliphatic rings. The third-order valence-corrected chi connectivity index (χ3v) is 5.86. The molecular formula is C16H26N4O3S. The van der Waals surface area contributed by atoms with Gasteiger partial charge in [0.05, 0.1) is 12.6 Å². The molecule has 0 radical (unpaired) electrons. The van der Waals surface area contributed by atoms with Crippen LogP contribution in [0, 0.1) is 0 Å². The van der Waals surface area contributed by atoms with E-state index in [0.717, 1.165) is 43.7 Å². The summed E-state index contributed by atoms with van der Waals surface area (Å²) in [4.78, 5) is 14.9. The first-order valence-corrected chi connectivity index (χ1v) is 9.59. The Morgan fingerprint density at radius 2 is 2.04 bits per heavy atom. The Balaban J connectivity index is 1.56. The van der Waals surface area contributed by atoms with Crippen LogP contribution in [0.4, 0.5) is 9.93 Å². The Morgan fingerprint density at radius 3 is 2.67 bits per heavy atom. The summed E-state index contributed by atoms with van der Waals surface area (Å²) < 4.78 is 5.91. The van der Waals surface area contributed by atoms with Crippen LogP contribution in [0.15, 0.2) is 0 Å². The number of nitrogens with zero attached hydrogens (tertiary/aromatic N) is 4. The molecule has 1 N–H and O–H groups in total. The molecule has 134 valence electrons. The molecule has 1 saturated heterocycles. The molecule has 1 unspecified atom stereocenters. The van der Waals surface area contributed by atoms with Gasteiger partial charge >= 0.3 is 6.03 Å². The summed E-state index contributed by atoms with van der Waals surface area (Å²) in [6.07, 6.45) is 6.01. The number of aromatic nitrogens is 2. The van der Waals surface area contributed by atoms with Crippen molar-refractivity contribution in [1.82, 2.24) is 15.1 Å². The molecule has 3 rings (SSSR count). The first-order chi connectivity index (χ1) is 11.6. The highest BCUT2D eigenvalue weighted by Crippen LogP contribution is 2.38. The molecule has 1 aliphatic carbocycles. The fourth-order valence-corrected chi connectivity index (χ4v) is 4.34. The second-order valence-corrected chi connectivity index (χ2v) is 7.62. The normalized spacial score (nSPS) is 28.0. The maximum absolute atomic E-state index is 12.1. The molecule has 1 atom stereocenters. The number of hydrogen-bond donors (Lipinski definition) is 1. The fourth-order valence-electron chi connectivity index (χ4n) is 3.28. The molecule has 1 aromatic heterocycles. The van der Waals surface area contributed by atoms with Crippen LogP contribution >= 0.6 is 11.3 Å². The van der Waals surface area contributed by atoms with Gasteiger partial charge < -0.3 is 14.7 Å². The van der Waals surface area contributed by atoms with E-state index in [1.165, 1.54) is 27.6 Å². The van der Waals surface area contributed by atoms with E-state index in [4.69, 9.17) is 4.74 Å². The van der Waals surface area contributed by atoms with E-state index in [1.807, 2.05) is 0 Å². The van der Waals surface area contributed by atoms with Crippen LogP contribution in [-0.2, 0) is 4.74 Å². The number of amides is 2. The summed E-state index contributed by atoms with van der Waals surface area (Å²) in [6, 6.07) is -0.224. The maximum Gasteiger partial charge on any atom is 0.328 e. The highest BCUT2D eigenvalue weighted by atomic mass is 32.1. The minimum Gasteiger partial charge on any atom is -0.378 e. The first-order valence-electron chi connectivity index (χ1n) is 8.77. The number of aliphatic hydroxyl groups is 1. The summed E-state index contributed by atoms with van der Waals surface area (Å²) in [6.45, 7) is 3.33. The lowest BCUT2D eigenvalue weighted by Crippen LogP contribution is -2.34. The first kappa shape index (κ1) is 17.6. The number of carbonyl (C=O) groups excluding carboxylic acids is 1. The second kappa shape index (κ2) is 7.76. The van der Waals surface area contributed by atoms with E-state index in [2.05, 4.69) is 17.1 Å². The molecule has 1 aromatic rings. The maximum atomic E-state index is 12.1. The van der Waals surface area contributed by atoms with Crippen molar-refractivity contribution in [3.05, 3.63) is 5.01 Å². The molecule has 1 aliphatic heterocycles. The largest absolute Gasteiger partial charge is 0.378 e. The number of likely N-dealkylation sites (N-methyl/N-ethyl adjacent to an activating group) is 1. The number of rotatable bonds is 6. The highest BCUT2D eigenvalue weighted by Gasteiger charge is 2.37. The van der Waals surface area contributed by atoms with Crippen molar-refractivity contribution in [2.24, 2.45) is 0 Å². The Kier molecular flexibility index (Phi) is 5.68. The van der Waals surface area contributed by atoms with Crippen LogP contribution < -0.4 is 4.90 Å². The summed E-state index contributed by atoms with van der Waals surface area (Å²) in [5.74, 6) is 0.384. The molecule has 2 fully saturated rings. The van der Waals surface area contributed by atoms with Gasteiger partial charge in [0.2, 0.25) is 5.13 Å². The van der Waals surface area contributed by atoms with Gasteiger partial charge in [0, 0.05) is 19.6 Å². The van der Waals surface area contributed by atoms with Crippen LogP contribution in [0.3, 0.4) is 0 Å². The van der Waals surface area contributed by atoms with Gasteiger partial charge in [0.25, 0.3) is 0 Å². The number of hydrogen-bond acceptors (Lipinski definition) is 6. The summed E-state index contributed by atoms with van der Waals surface area (Å²) in [5, 5.41) is 19.9. The molecule has 1 saturated carbocycles. The Hall–Kier alpha value is -1.25. The van der Waals surface area contributed by atoms with Crippen molar-refractivity contribution in [3.63, 3.8) is 0 Å². The van der Waals surface area contributed by atoms with Crippen molar-refractivity contribution in [1.29, 1.82) is 0 Å². The van der Waals surface area contributed by atoms with Crippen LogP contribution in [0.5, 0.6) is 0 Å². The van der Waals surface area contributed by atoms with E-state index >= 15 is 0 Å². The minimum atomic E-state index is -0.842. The van der Waals surface area contributed by atoms with E-state index in [1.54, 1.807) is 7.05 Å². The van der Waals surface area contributed by atoms with Crippen molar-refractivity contribution >= 4 is 22.5 Å². The molecule has 0 aromatic carbocycles. The van der Waals surface area contributed by atoms with Crippen molar-refractivity contribution < 1.29 is 14.6 Å². The van der Waals surface area contributed by atoms with Gasteiger partial charge in [-0.25, -0.2) is 9.69 Å². The van der Waals surface area contributed by atoms with Crippen LogP contribution in [0.1, 0.15) is 56.4 Å². The molecule has 0 spiro atoms. The third kappa shape index (κ3) is 3.70. The van der Waals surface area contributed by atoms with Crippen molar-refractivity contribution in [2.45, 2.75) is 63.7 Å². The molecular weight excluding hydrogens is 328 g/mol. The van der Waals surface area contributed by atoms with Gasteiger partial charge in [-0.05, 0) is 32.1 Å². The lowest BCUT2D eigenvalue weighted by atomic mass is 9.88. The van der Waals surface area contributed by atoms with E-state index in [9.17, 15) is 9.90 Å². The number of urea groups is 1. The van der Waals surface area contributed by atoms with Crippen molar-refractivity contribution in [3.8, 4) is 0 Å². The monoisotopic (exact) mass is 354 g/mol. The Bertz CT molecular complexity index is 559. The van der Waals surface area contributed by atoms with Gasteiger partial charge in [-0.1, -0.05) is 24.7 Å². The zero-order valence-electron chi connectivity index (χ0n) is 14.3. The fraction of sp³-hybridized carbons (Fsp3) is 0.812. The molecule has 0 bridgehead atoms. The zero-order chi connectivity index (χ0) is 17.1. The lowest BCUT2D eigenvalue weighted by molar-refractivity contribution is 0.0232. The van der Waals surface area contributed by atoms with Crippen LogP contribution in [0.2, 0.25) is 0 Å². The average molecular weight is 354 g/mol. The topological polar surface area (TPSA) is 78.8 Å². The number of unbranched alkanes of at least 4 members (excludes halogenated alkanes) is 1. The van der Waals surface area contributed by atoms with Gasteiger partial charge in [0.15, 0.2) is 6.23 Å². The van der Waals surface area contributed by atoms with Gasteiger partial charge in [-0.2, -0.15) is 0 Å². The van der Waals surface area contributed by atoms with Crippen molar-refractivity contribution in [2.75, 3.05) is 25.1 Å². The number of anilines is 1. The predicted molar refractivity (Wildman–Crippen MR) is 92.3 cm³/mol.